The molecule has 0 N–H and O–H groups in total. The Balaban J connectivity index is 2.00. The average Bonchev–Trinajstić information content (AvgIpc) is 2.75. The van der Waals surface area contributed by atoms with Gasteiger partial charge in [0.1, 0.15) is 5.03 Å². The fraction of sp³-hybridized carbons (Fsp3) is 0.385. The van der Waals surface area contributed by atoms with E-state index in [0.29, 0.717) is 18.6 Å². The van der Waals surface area contributed by atoms with Gasteiger partial charge in [-0.2, -0.15) is 0 Å². The summed E-state index contributed by atoms with van der Waals surface area (Å²) in [7, 11) is 1.50. The van der Waals surface area contributed by atoms with Crippen LogP contribution < -0.4 is 11.2 Å². The second-order valence-electron chi connectivity index (χ2n) is 9.83. The van der Waals surface area contributed by atoms with Crippen molar-refractivity contribution in [2.75, 3.05) is 0 Å². The maximum absolute atomic E-state index is 13.0. The van der Waals surface area contributed by atoms with Gasteiger partial charge < -0.3 is 0 Å². The molecule has 0 aliphatic heterocycles. The lowest BCUT2D eigenvalue weighted by Gasteiger charge is -2.20. The fourth-order valence-electron chi connectivity index (χ4n) is 3.94. The van der Waals surface area contributed by atoms with Gasteiger partial charge in [0.2, 0.25) is 0 Å². The third-order valence-corrected chi connectivity index (χ3v) is 6.51. The van der Waals surface area contributed by atoms with Crippen molar-refractivity contribution in [2.45, 2.75) is 57.4 Å². The first-order valence-electron chi connectivity index (χ1n) is 11.2. The highest BCUT2D eigenvalue weighted by atomic mass is 32.2. The highest BCUT2D eigenvalue weighted by Gasteiger charge is 2.22. The van der Waals surface area contributed by atoms with Gasteiger partial charge in [-0.3, -0.25) is 13.9 Å². The molecule has 2 aromatic heterocycles. The molecule has 0 saturated carbocycles. The predicted octanol–water partition coefficient (Wildman–Crippen LogP) is 4.78. The molecule has 0 aliphatic rings. The second kappa shape index (κ2) is 8.78. The van der Waals surface area contributed by atoms with Gasteiger partial charge in [0.15, 0.2) is 11.2 Å². The normalized spacial score (nSPS) is 12.2. The van der Waals surface area contributed by atoms with Crippen molar-refractivity contribution >= 4 is 33.7 Å². The topological polar surface area (TPSA) is 69.8 Å². The molecule has 0 atom stereocenters. The van der Waals surface area contributed by atoms with E-state index in [1.54, 1.807) is 16.3 Å². The zero-order chi connectivity index (χ0) is 23.9. The van der Waals surface area contributed by atoms with Crippen molar-refractivity contribution in [1.82, 2.24) is 19.1 Å². The Bertz CT molecular complexity index is 1460. The maximum atomic E-state index is 13.0. The Hall–Kier alpha value is -2.93. The SMILES string of the molecule is CC(C)Cn1c(=O)n(C)c(=O)c2nc(SC(C)(C)C)c(Cc3cccc4ccccc34)nc21. The number of rotatable bonds is 5. The molecule has 4 rings (SSSR count). The van der Waals surface area contributed by atoms with Crippen LogP contribution >= 0.6 is 11.8 Å². The van der Waals surface area contributed by atoms with E-state index >= 15 is 0 Å². The Kier molecular flexibility index (Phi) is 6.18. The lowest BCUT2D eigenvalue weighted by Crippen LogP contribution is -2.40. The first-order valence-corrected chi connectivity index (χ1v) is 12.0. The van der Waals surface area contributed by atoms with Gasteiger partial charge in [0.05, 0.1) is 5.69 Å². The van der Waals surface area contributed by atoms with Crippen LogP contribution in [0.3, 0.4) is 0 Å². The molecule has 172 valence electrons. The third kappa shape index (κ3) is 4.74. The molecular formula is C26H30N4O2S. The molecule has 7 heteroatoms. The lowest BCUT2D eigenvalue weighted by molar-refractivity contribution is 0.498. The van der Waals surface area contributed by atoms with E-state index in [0.717, 1.165) is 26.2 Å². The molecule has 2 aromatic carbocycles. The van der Waals surface area contributed by atoms with Crippen LogP contribution in [0.4, 0.5) is 0 Å². The van der Waals surface area contributed by atoms with Gasteiger partial charge in [-0.15, -0.1) is 0 Å². The highest BCUT2D eigenvalue weighted by molar-refractivity contribution is 8.00. The molecular weight excluding hydrogens is 432 g/mol. The van der Waals surface area contributed by atoms with Crippen LogP contribution in [0.1, 0.15) is 45.9 Å². The molecule has 33 heavy (non-hydrogen) atoms. The van der Waals surface area contributed by atoms with Crippen LogP contribution in [-0.4, -0.2) is 23.8 Å². The number of fused-ring (bicyclic) bond motifs is 2. The van der Waals surface area contributed by atoms with E-state index in [1.807, 2.05) is 32.0 Å². The van der Waals surface area contributed by atoms with Gasteiger partial charge in [0.25, 0.3) is 5.56 Å². The summed E-state index contributed by atoms with van der Waals surface area (Å²) in [6.07, 6.45) is 0.563. The summed E-state index contributed by atoms with van der Waals surface area (Å²) in [6, 6.07) is 14.5. The fourth-order valence-corrected chi connectivity index (χ4v) is 4.89. The summed E-state index contributed by atoms with van der Waals surface area (Å²) in [6.45, 7) is 10.9. The second-order valence-corrected chi connectivity index (χ2v) is 11.6. The van der Waals surface area contributed by atoms with Crippen molar-refractivity contribution in [1.29, 1.82) is 0 Å². The number of benzene rings is 2. The van der Waals surface area contributed by atoms with Crippen LogP contribution in [0.5, 0.6) is 0 Å². The van der Waals surface area contributed by atoms with Crippen molar-refractivity contribution < 1.29 is 0 Å². The van der Waals surface area contributed by atoms with Crippen molar-refractivity contribution in [3.63, 3.8) is 0 Å². The van der Waals surface area contributed by atoms with E-state index < -0.39 is 5.56 Å². The summed E-state index contributed by atoms with van der Waals surface area (Å²) in [5.41, 5.74) is 1.76. The standard InChI is InChI=1S/C26H30N4O2S/c1-16(2)15-30-22-21(24(31)29(6)25(30)32)28-23(33-26(3,4)5)20(27-22)14-18-12-9-11-17-10-7-8-13-19(17)18/h7-13,16H,14-15H2,1-6H3. The molecule has 0 fully saturated rings. The summed E-state index contributed by atoms with van der Waals surface area (Å²) >= 11 is 1.60. The first kappa shape index (κ1) is 23.2. The molecule has 6 nitrogen and oxygen atoms in total. The minimum Gasteiger partial charge on any atom is -0.276 e. The number of thioether (sulfide) groups is 1. The number of nitrogens with zero attached hydrogens (tertiary/aromatic N) is 4. The van der Waals surface area contributed by atoms with Gasteiger partial charge in [-0.25, -0.2) is 14.8 Å². The van der Waals surface area contributed by atoms with Crippen LogP contribution in [0.15, 0.2) is 57.1 Å². The van der Waals surface area contributed by atoms with Crippen molar-refractivity contribution in [3.05, 3.63) is 74.6 Å². The summed E-state index contributed by atoms with van der Waals surface area (Å²) in [4.78, 5) is 35.7. The van der Waals surface area contributed by atoms with Crippen molar-refractivity contribution in [3.8, 4) is 0 Å². The zero-order valence-electron chi connectivity index (χ0n) is 20.0. The molecule has 0 unspecified atom stereocenters. The third-order valence-electron chi connectivity index (χ3n) is 5.38. The number of aromatic nitrogens is 4. The van der Waals surface area contributed by atoms with Gasteiger partial charge in [-0.1, -0.05) is 88.8 Å². The largest absolute Gasteiger partial charge is 0.332 e. The van der Waals surface area contributed by atoms with Crippen LogP contribution in [0.25, 0.3) is 21.9 Å². The Morgan fingerprint density at radius 2 is 1.70 bits per heavy atom. The molecule has 4 aromatic rings. The predicted molar refractivity (Wildman–Crippen MR) is 136 cm³/mol. The molecule has 0 amide bonds. The van der Waals surface area contributed by atoms with E-state index in [4.69, 9.17) is 9.97 Å². The van der Waals surface area contributed by atoms with Crippen LogP contribution in [-0.2, 0) is 20.0 Å². The highest BCUT2D eigenvalue weighted by Crippen LogP contribution is 2.34. The monoisotopic (exact) mass is 462 g/mol. The Morgan fingerprint density at radius 1 is 1.00 bits per heavy atom. The Labute approximate surface area is 197 Å². The maximum Gasteiger partial charge on any atom is 0.332 e. The van der Waals surface area contributed by atoms with Gasteiger partial charge >= 0.3 is 5.69 Å². The summed E-state index contributed by atoms with van der Waals surface area (Å²) in [5, 5.41) is 3.06. The van der Waals surface area contributed by atoms with Gasteiger partial charge in [-0.05, 0) is 22.3 Å². The van der Waals surface area contributed by atoms with E-state index in [2.05, 4.69) is 45.0 Å². The minimum absolute atomic E-state index is 0.118. The molecule has 0 aliphatic carbocycles. The molecule has 0 radical (unpaired) electrons. The van der Waals surface area contributed by atoms with Crippen LogP contribution in [0.2, 0.25) is 0 Å². The number of hydrogen-bond acceptors (Lipinski definition) is 5. The van der Waals surface area contributed by atoms with E-state index in [-0.39, 0.29) is 21.9 Å². The van der Waals surface area contributed by atoms with Gasteiger partial charge in [0, 0.05) is 24.8 Å². The van der Waals surface area contributed by atoms with E-state index in [9.17, 15) is 9.59 Å². The first-order chi connectivity index (χ1) is 15.5. The van der Waals surface area contributed by atoms with Crippen LogP contribution in [0, 0.1) is 5.92 Å². The molecule has 0 bridgehead atoms. The zero-order valence-corrected chi connectivity index (χ0v) is 20.9. The summed E-state index contributed by atoms with van der Waals surface area (Å²) in [5.74, 6) is 0.218. The van der Waals surface area contributed by atoms with Crippen molar-refractivity contribution in [2.24, 2.45) is 13.0 Å². The van der Waals surface area contributed by atoms with E-state index in [1.165, 1.54) is 12.4 Å². The molecule has 0 spiro atoms. The smallest absolute Gasteiger partial charge is 0.276 e. The molecule has 0 saturated heterocycles. The average molecular weight is 463 g/mol. The quantitative estimate of drug-likeness (QED) is 0.399. The lowest BCUT2D eigenvalue weighted by atomic mass is 10.0. The minimum atomic E-state index is -0.407. The Morgan fingerprint density at radius 3 is 2.39 bits per heavy atom. The molecule has 2 heterocycles. The summed E-state index contributed by atoms with van der Waals surface area (Å²) < 4.78 is 2.61. The number of hydrogen-bond donors (Lipinski definition) is 0.